The van der Waals surface area contributed by atoms with Crippen molar-refractivity contribution in [3.05, 3.63) is 28.8 Å². The molecule has 1 aromatic rings. The number of phenols is 1. The van der Waals surface area contributed by atoms with Crippen LogP contribution in [-0.2, 0) is 5.41 Å². The van der Waals surface area contributed by atoms with Crippen LogP contribution in [0.1, 0.15) is 71.1 Å². The Morgan fingerprint density at radius 1 is 1.19 bits per heavy atom. The molecule has 1 aromatic carbocycles. The number of benzene rings is 1. The molecule has 0 aliphatic heterocycles. The third-order valence-electron chi connectivity index (χ3n) is 7.37. The van der Waals surface area contributed by atoms with Crippen molar-refractivity contribution in [3.63, 3.8) is 0 Å². The summed E-state index contributed by atoms with van der Waals surface area (Å²) in [6.45, 7) is 15.5. The molecule has 0 saturated heterocycles. The largest absolute Gasteiger partial charge is 0.507 e. The summed E-state index contributed by atoms with van der Waals surface area (Å²) in [5.41, 5.74) is 2.76. The molecule has 0 amide bonds. The Kier molecular flexibility index (Phi) is 4.54. The first-order valence-electron chi connectivity index (χ1n) is 9.91. The average Bonchev–Trinajstić information content (AvgIpc) is 2.53. The molecule has 3 aliphatic carbocycles. The number of nitrogens with zero attached hydrogens (tertiary/aromatic N) is 1. The number of aryl methyl sites for hydroxylation is 1. The highest BCUT2D eigenvalue weighted by Crippen LogP contribution is 2.65. The topological polar surface area (TPSA) is 52.8 Å². The summed E-state index contributed by atoms with van der Waals surface area (Å²) in [7, 11) is 0. The minimum Gasteiger partial charge on any atom is -0.507 e. The molecular formula is C23H35NO2. The van der Waals surface area contributed by atoms with E-state index in [1.165, 1.54) is 6.42 Å². The average molecular weight is 358 g/mol. The summed E-state index contributed by atoms with van der Waals surface area (Å²) in [6, 6.07) is 4.06. The van der Waals surface area contributed by atoms with Gasteiger partial charge in [0.05, 0.1) is 5.54 Å². The standard InChI is InChI=1S/C23H35NO2/c1-14-8-15(20(26)18(9-14)21(2,3)4)12-24-23(7)17(13-25)10-16-11-19(23)22(16,5)6/h8-9,12,16-17,19,25-26H,10-11,13H2,1-7H3/t16-,17+,19+,23-/m1/s1. The van der Waals surface area contributed by atoms with Crippen molar-refractivity contribution >= 4 is 6.21 Å². The highest BCUT2D eigenvalue weighted by molar-refractivity contribution is 5.85. The van der Waals surface area contributed by atoms with Gasteiger partial charge in [0.2, 0.25) is 0 Å². The molecule has 3 saturated carbocycles. The van der Waals surface area contributed by atoms with E-state index in [-0.39, 0.29) is 28.9 Å². The first-order chi connectivity index (χ1) is 11.9. The number of aliphatic imine (C=N–C) groups is 1. The van der Waals surface area contributed by atoms with Crippen molar-refractivity contribution in [2.45, 2.75) is 72.3 Å². The fourth-order valence-electron chi connectivity index (χ4n) is 5.41. The van der Waals surface area contributed by atoms with Gasteiger partial charge in [-0.05, 0) is 61.0 Å². The van der Waals surface area contributed by atoms with Crippen LogP contribution < -0.4 is 0 Å². The Hall–Kier alpha value is -1.35. The number of rotatable bonds is 3. The maximum atomic E-state index is 10.8. The lowest BCUT2D eigenvalue weighted by Gasteiger charge is -2.65. The van der Waals surface area contributed by atoms with Crippen molar-refractivity contribution in [1.82, 2.24) is 0 Å². The molecule has 3 fully saturated rings. The van der Waals surface area contributed by atoms with Gasteiger partial charge < -0.3 is 10.2 Å². The van der Waals surface area contributed by atoms with Crippen LogP contribution in [-0.4, -0.2) is 28.6 Å². The first-order valence-corrected chi connectivity index (χ1v) is 9.91. The van der Waals surface area contributed by atoms with Crippen LogP contribution in [0, 0.1) is 30.1 Å². The van der Waals surface area contributed by atoms with Gasteiger partial charge in [-0.1, -0.05) is 40.7 Å². The molecule has 0 spiro atoms. The molecule has 0 radical (unpaired) electrons. The van der Waals surface area contributed by atoms with Crippen molar-refractivity contribution in [2.24, 2.45) is 28.2 Å². The SMILES string of the molecule is Cc1cc(C=N[C@]2(C)[C@H](CO)C[C@@H]3C[C@H]2C3(C)C)c(O)c(C(C)(C)C)c1. The first kappa shape index (κ1) is 19.4. The summed E-state index contributed by atoms with van der Waals surface area (Å²) in [6.07, 6.45) is 4.10. The number of phenolic OH excluding ortho intramolecular Hbond substituents is 1. The summed E-state index contributed by atoms with van der Waals surface area (Å²) < 4.78 is 0. The normalized spacial score (nSPS) is 33.3. The Balaban J connectivity index is 2.00. The number of aromatic hydroxyl groups is 1. The van der Waals surface area contributed by atoms with Gasteiger partial charge in [0.1, 0.15) is 5.75 Å². The van der Waals surface area contributed by atoms with Crippen LogP contribution in [0.4, 0.5) is 0 Å². The molecule has 4 rings (SSSR count). The van der Waals surface area contributed by atoms with E-state index >= 15 is 0 Å². The molecule has 3 heteroatoms. The van der Waals surface area contributed by atoms with Crippen molar-refractivity contribution in [2.75, 3.05) is 6.61 Å². The minimum atomic E-state index is -0.273. The van der Waals surface area contributed by atoms with Gasteiger partial charge in [0.15, 0.2) is 0 Å². The lowest BCUT2D eigenvalue weighted by Crippen LogP contribution is -2.64. The van der Waals surface area contributed by atoms with E-state index in [9.17, 15) is 10.2 Å². The van der Waals surface area contributed by atoms with Crippen molar-refractivity contribution in [1.29, 1.82) is 0 Å². The third-order valence-corrected chi connectivity index (χ3v) is 7.37. The Bertz CT molecular complexity index is 728. The van der Waals surface area contributed by atoms with Crippen LogP contribution in [0.25, 0.3) is 0 Å². The second-order valence-corrected chi connectivity index (χ2v) is 10.4. The summed E-state index contributed by atoms with van der Waals surface area (Å²) in [5.74, 6) is 1.71. The predicted molar refractivity (Wildman–Crippen MR) is 108 cm³/mol. The molecule has 2 bridgehead atoms. The van der Waals surface area contributed by atoms with Gasteiger partial charge in [0, 0.05) is 29.9 Å². The van der Waals surface area contributed by atoms with Crippen LogP contribution in [0.15, 0.2) is 17.1 Å². The smallest absolute Gasteiger partial charge is 0.128 e. The second-order valence-electron chi connectivity index (χ2n) is 10.4. The van der Waals surface area contributed by atoms with Crippen LogP contribution in [0.2, 0.25) is 0 Å². The van der Waals surface area contributed by atoms with Gasteiger partial charge in [-0.3, -0.25) is 4.99 Å². The Morgan fingerprint density at radius 2 is 1.85 bits per heavy atom. The summed E-state index contributed by atoms with van der Waals surface area (Å²) in [5, 5.41) is 20.8. The number of fused-ring (bicyclic) bond motifs is 2. The summed E-state index contributed by atoms with van der Waals surface area (Å²) in [4.78, 5) is 5.03. The molecule has 3 aliphatic rings. The van der Waals surface area contributed by atoms with E-state index in [1.807, 2.05) is 12.3 Å². The second kappa shape index (κ2) is 6.09. The van der Waals surface area contributed by atoms with Crippen molar-refractivity contribution < 1.29 is 10.2 Å². The van der Waals surface area contributed by atoms with E-state index in [0.29, 0.717) is 17.6 Å². The van der Waals surface area contributed by atoms with Crippen LogP contribution in [0.3, 0.4) is 0 Å². The number of aliphatic hydroxyl groups is 1. The number of aliphatic hydroxyl groups excluding tert-OH is 1. The van der Waals surface area contributed by atoms with E-state index in [0.717, 1.165) is 23.1 Å². The molecule has 0 aromatic heterocycles. The zero-order valence-corrected chi connectivity index (χ0v) is 17.4. The zero-order chi connectivity index (χ0) is 19.5. The van der Waals surface area contributed by atoms with Gasteiger partial charge in [-0.25, -0.2) is 0 Å². The Labute approximate surface area is 158 Å². The fraction of sp³-hybridized carbons (Fsp3) is 0.696. The lowest BCUT2D eigenvalue weighted by atomic mass is 9.41. The lowest BCUT2D eigenvalue weighted by molar-refractivity contribution is -0.148. The zero-order valence-electron chi connectivity index (χ0n) is 17.4. The van der Waals surface area contributed by atoms with Crippen molar-refractivity contribution in [3.8, 4) is 5.75 Å². The molecule has 4 atom stereocenters. The van der Waals surface area contributed by atoms with Gasteiger partial charge in [-0.2, -0.15) is 0 Å². The third kappa shape index (κ3) is 2.89. The fourth-order valence-corrected chi connectivity index (χ4v) is 5.41. The van der Waals surface area contributed by atoms with E-state index < -0.39 is 0 Å². The Morgan fingerprint density at radius 3 is 2.38 bits per heavy atom. The predicted octanol–water partition coefficient (Wildman–Crippen LogP) is 4.85. The quantitative estimate of drug-likeness (QED) is 0.760. The van der Waals surface area contributed by atoms with Gasteiger partial charge in [-0.15, -0.1) is 0 Å². The van der Waals surface area contributed by atoms with E-state index in [1.54, 1.807) is 0 Å². The van der Waals surface area contributed by atoms with Crippen LogP contribution >= 0.6 is 0 Å². The minimum absolute atomic E-state index is 0.121. The molecule has 2 N–H and O–H groups in total. The monoisotopic (exact) mass is 357 g/mol. The van der Waals surface area contributed by atoms with E-state index in [2.05, 4.69) is 54.5 Å². The van der Waals surface area contributed by atoms with E-state index in [4.69, 9.17) is 4.99 Å². The number of hydrogen-bond acceptors (Lipinski definition) is 3. The molecule has 26 heavy (non-hydrogen) atoms. The van der Waals surface area contributed by atoms with Crippen LogP contribution in [0.5, 0.6) is 5.75 Å². The number of hydrogen-bond donors (Lipinski definition) is 2. The molecular weight excluding hydrogens is 322 g/mol. The highest BCUT2D eigenvalue weighted by Gasteiger charge is 2.62. The van der Waals surface area contributed by atoms with Gasteiger partial charge in [0.25, 0.3) is 0 Å². The molecule has 0 heterocycles. The molecule has 0 unspecified atom stereocenters. The molecule has 144 valence electrons. The highest BCUT2D eigenvalue weighted by atomic mass is 16.3. The van der Waals surface area contributed by atoms with Gasteiger partial charge >= 0.3 is 0 Å². The molecule has 3 nitrogen and oxygen atoms in total. The maximum Gasteiger partial charge on any atom is 0.128 e. The summed E-state index contributed by atoms with van der Waals surface area (Å²) >= 11 is 0. The maximum absolute atomic E-state index is 10.8.